The Balaban J connectivity index is 1.62. The quantitative estimate of drug-likeness (QED) is 0.341. The predicted molar refractivity (Wildman–Crippen MR) is 153 cm³/mol. The Hall–Kier alpha value is -2.31. The molecule has 42 heavy (non-hydrogen) atoms. The first-order valence-corrected chi connectivity index (χ1v) is 16.6. The van der Waals surface area contributed by atoms with Crippen LogP contribution in [0.25, 0.3) is 0 Å². The molecule has 0 bridgehead atoms. The molecule has 2 saturated carbocycles. The summed E-state index contributed by atoms with van der Waals surface area (Å²) >= 11 is 0. The molecule has 0 aromatic rings. The van der Waals surface area contributed by atoms with Gasteiger partial charge in [0.1, 0.15) is 5.60 Å². The molecule has 0 radical (unpaired) electrons. The van der Waals surface area contributed by atoms with Gasteiger partial charge in [0, 0.05) is 26.0 Å². The van der Waals surface area contributed by atoms with Crippen molar-refractivity contribution in [3.63, 3.8) is 0 Å². The van der Waals surface area contributed by atoms with Crippen LogP contribution in [0.4, 0.5) is 0 Å². The number of hydrogen-bond donors (Lipinski definition) is 2. The van der Waals surface area contributed by atoms with Crippen LogP contribution in [0.2, 0.25) is 0 Å². The summed E-state index contributed by atoms with van der Waals surface area (Å²) in [4.78, 5) is 55.6. The van der Waals surface area contributed by atoms with Gasteiger partial charge in [0.25, 0.3) is 0 Å². The maximum Gasteiger partial charge on any atom is 0.307 e. The van der Waals surface area contributed by atoms with Gasteiger partial charge in [-0.3, -0.25) is 23.9 Å². The van der Waals surface area contributed by atoms with Crippen molar-refractivity contribution >= 4 is 33.6 Å². The normalized spacial score (nSPS) is 34.3. The van der Waals surface area contributed by atoms with Crippen molar-refractivity contribution in [1.82, 2.24) is 9.62 Å². The standard InChI is InChI=1S/C30H46N2O9S/c1-6-24-21(15-25(35)41-28(2,3)4)26(36)32-18-20(33)14-22(32)23(34)17-30(16-19(30)10-8-7-9-13-40-24)27(37)31-42(38,39)29(5)11-12-29/h8,10,19-22,24,33H,6-7,9,11-18H2,1-5H3,(H,31,37)/b10-8-/t19-,20-,21+,22+,24+,30-/m1/s1. The summed E-state index contributed by atoms with van der Waals surface area (Å²) in [5, 5.41) is 10.6. The van der Waals surface area contributed by atoms with Crippen molar-refractivity contribution in [3.05, 3.63) is 12.2 Å². The van der Waals surface area contributed by atoms with Crippen LogP contribution in [0.5, 0.6) is 0 Å². The summed E-state index contributed by atoms with van der Waals surface area (Å²) in [6.07, 6.45) is 4.66. The molecular weight excluding hydrogens is 564 g/mol. The Morgan fingerprint density at radius 3 is 2.55 bits per heavy atom. The first kappa shape index (κ1) is 32.6. The number of carbonyl (C=O) groups excluding carboxylic acids is 4. The molecule has 1 saturated heterocycles. The zero-order valence-electron chi connectivity index (χ0n) is 25.4. The number of sulfonamides is 1. The smallest absolute Gasteiger partial charge is 0.307 e. The van der Waals surface area contributed by atoms with E-state index < -0.39 is 73.5 Å². The van der Waals surface area contributed by atoms with Crippen LogP contribution in [0.15, 0.2) is 12.2 Å². The highest BCUT2D eigenvalue weighted by molar-refractivity contribution is 7.91. The van der Waals surface area contributed by atoms with Crippen LogP contribution in [0.1, 0.15) is 92.4 Å². The molecule has 12 heteroatoms. The average Bonchev–Trinajstić information content (AvgIpc) is 3.76. The molecule has 2 N–H and O–H groups in total. The minimum absolute atomic E-state index is 0.00401. The highest BCUT2D eigenvalue weighted by atomic mass is 32.2. The van der Waals surface area contributed by atoms with E-state index in [9.17, 15) is 32.7 Å². The number of fused-ring (bicyclic) bond motifs is 2. The van der Waals surface area contributed by atoms with Crippen molar-refractivity contribution in [2.45, 2.75) is 121 Å². The van der Waals surface area contributed by atoms with Crippen LogP contribution in [0.3, 0.4) is 0 Å². The van der Waals surface area contributed by atoms with Crippen molar-refractivity contribution in [1.29, 1.82) is 0 Å². The lowest BCUT2D eigenvalue weighted by molar-refractivity contribution is -0.162. The lowest BCUT2D eigenvalue weighted by Crippen LogP contribution is -2.49. The highest BCUT2D eigenvalue weighted by Crippen LogP contribution is 2.57. The van der Waals surface area contributed by atoms with Crippen LogP contribution in [-0.4, -0.2) is 83.7 Å². The largest absolute Gasteiger partial charge is 0.460 e. The summed E-state index contributed by atoms with van der Waals surface area (Å²) < 4.78 is 38.6. The van der Waals surface area contributed by atoms with E-state index in [-0.39, 0.29) is 31.7 Å². The molecule has 236 valence electrons. The topological polar surface area (TPSA) is 156 Å². The van der Waals surface area contributed by atoms with Gasteiger partial charge in [-0.2, -0.15) is 0 Å². The van der Waals surface area contributed by atoms with E-state index in [4.69, 9.17) is 9.47 Å². The number of nitrogens with one attached hydrogen (secondary N) is 1. The third kappa shape index (κ3) is 7.07. The molecule has 3 fully saturated rings. The number of hydrogen-bond acceptors (Lipinski definition) is 9. The monoisotopic (exact) mass is 610 g/mol. The maximum absolute atomic E-state index is 14.0. The SMILES string of the molecule is CC[C@@H]1OCCC/C=C\[C@@H]2C[C@@]2(C(=O)NS(=O)(=O)C2(C)CC2)CC(=O)[C@@H]2C[C@@H](O)CN2C(=O)[C@H]1CC(=O)OC(C)(C)C. The first-order chi connectivity index (χ1) is 19.5. The van der Waals surface area contributed by atoms with Gasteiger partial charge in [0.05, 0.1) is 40.8 Å². The highest BCUT2D eigenvalue weighted by Gasteiger charge is 2.62. The average molecular weight is 611 g/mol. The Morgan fingerprint density at radius 1 is 1.24 bits per heavy atom. The van der Waals surface area contributed by atoms with E-state index in [1.807, 2.05) is 19.1 Å². The molecular formula is C30H46N2O9S. The molecule has 6 atom stereocenters. The van der Waals surface area contributed by atoms with Gasteiger partial charge in [-0.15, -0.1) is 0 Å². The lowest BCUT2D eigenvalue weighted by atomic mass is 9.90. The summed E-state index contributed by atoms with van der Waals surface area (Å²) in [6, 6.07) is -1.01. The summed E-state index contributed by atoms with van der Waals surface area (Å²) in [7, 11) is -3.91. The number of nitrogens with zero attached hydrogens (tertiary/aromatic N) is 1. The zero-order chi connectivity index (χ0) is 31.1. The van der Waals surface area contributed by atoms with E-state index in [1.54, 1.807) is 27.7 Å². The second-order valence-electron chi connectivity index (χ2n) is 13.7. The maximum atomic E-state index is 14.0. The van der Waals surface area contributed by atoms with Gasteiger partial charge >= 0.3 is 5.97 Å². The van der Waals surface area contributed by atoms with Crippen LogP contribution < -0.4 is 4.72 Å². The molecule has 2 heterocycles. The number of esters is 1. The molecule has 2 amide bonds. The molecule has 2 aliphatic carbocycles. The Morgan fingerprint density at radius 2 is 1.93 bits per heavy atom. The van der Waals surface area contributed by atoms with Crippen molar-refractivity contribution in [2.75, 3.05) is 13.2 Å². The van der Waals surface area contributed by atoms with Gasteiger partial charge in [0.2, 0.25) is 21.8 Å². The van der Waals surface area contributed by atoms with E-state index in [2.05, 4.69) is 4.72 Å². The molecule has 4 rings (SSSR count). The van der Waals surface area contributed by atoms with E-state index in [0.717, 1.165) is 0 Å². The Bertz CT molecular complexity index is 1220. The van der Waals surface area contributed by atoms with Crippen molar-refractivity contribution in [3.8, 4) is 0 Å². The third-order valence-corrected chi connectivity index (χ3v) is 11.2. The minimum Gasteiger partial charge on any atom is -0.460 e. The van der Waals surface area contributed by atoms with E-state index >= 15 is 0 Å². The molecule has 2 aliphatic heterocycles. The molecule has 4 aliphatic rings. The summed E-state index contributed by atoms with van der Waals surface area (Å²) in [6.45, 7) is 8.91. The third-order valence-electron chi connectivity index (χ3n) is 9.03. The fourth-order valence-corrected chi connectivity index (χ4v) is 7.41. The van der Waals surface area contributed by atoms with Gasteiger partial charge < -0.3 is 19.5 Å². The van der Waals surface area contributed by atoms with E-state index in [1.165, 1.54) is 4.90 Å². The number of ether oxygens (including phenoxy) is 2. The summed E-state index contributed by atoms with van der Waals surface area (Å²) in [5.74, 6) is -3.41. The minimum atomic E-state index is -3.91. The zero-order valence-corrected chi connectivity index (χ0v) is 26.2. The molecule has 0 unspecified atom stereocenters. The Kier molecular flexibility index (Phi) is 9.31. The van der Waals surface area contributed by atoms with Crippen molar-refractivity contribution < 1.29 is 42.2 Å². The molecule has 0 aromatic heterocycles. The number of Topliss-reactive ketones (excluding diaryl/α,β-unsaturated/α-hetero) is 1. The predicted octanol–water partition coefficient (Wildman–Crippen LogP) is 2.41. The van der Waals surface area contributed by atoms with Crippen LogP contribution in [-0.2, 0) is 38.7 Å². The summed E-state index contributed by atoms with van der Waals surface area (Å²) in [5.41, 5.74) is -2.00. The van der Waals surface area contributed by atoms with Gasteiger partial charge in [0.15, 0.2) is 5.78 Å². The first-order valence-electron chi connectivity index (χ1n) is 15.1. The number of ketones is 1. The fraction of sp³-hybridized carbons (Fsp3) is 0.800. The van der Waals surface area contributed by atoms with Gasteiger partial charge in [-0.25, -0.2) is 8.42 Å². The van der Waals surface area contributed by atoms with E-state index in [0.29, 0.717) is 45.1 Å². The number of carbonyl (C=O) groups is 4. The number of aliphatic hydroxyl groups is 1. The van der Waals surface area contributed by atoms with Crippen LogP contribution in [0, 0.1) is 17.3 Å². The molecule has 0 spiro atoms. The van der Waals surface area contributed by atoms with Gasteiger partial charge in [-0.05, 0) is 72.1 Å². The molecule has 0 aromatic carbocycles. The van der Waals surface area contributed by atoms with Crippen molar-refractivity contribution in [2.24, 2.45) is 17.3 Å². The van der Waals surface area contributed by atoms with Crippen LogP contribution >= 0.6 is 0 Å². The Labute approximate surface area is 248 Å². The number of aliphatic hydroxyl groups excluding tert-OH is 1. The number of rotatable bonds is 6. The fourth-order valence-electron chi connectivity index (χ4n) is 6.08. The van der Waals surface area contributed by atoms with Gasteiger partial charge in [-0.1, -0.05) is 19.1 Å². The second kappa shape index (κ2) is 12.0. The second-order valence-corrected chi connectivity index (χ2v) is 15.9. The number of allylic oxidation sites excluding steroid dienone is 2. The molecule has 11 nitrogen and oxygen atoms in total. The number of amides is 2. The lowest BCUT2D eigenvalue weighted by Gasteiger charge is -2.32.